The highest BCUT2D eigenvalue weighted by Gasteiger charge is 2.25. The van der Waals surface area contributed by atoms with Crippen molar-refractivity contribution in [3.8, 4) is 23.0 Å². The number of carbonyl (C=O) groups is 2. The lowest BCUT2D eigenvalue weighted by molar-refractivity contribution is -0.141. The number of hydrogen-bond acceptors (Lipinski definition) is 8. The van der Waals surface area contributed by atoms with E-state index >= 15 is 0 Å². The highest BCUT2D eigenvalue weighted by Crippen LogP contribution is 2.35. The summed E-state index contributed by atoms with van der Waals surface area (Å²) < 4.78 is 32.0. The maximum atomic E-state index is 12.9. The molecule has 4 rings (SSSR count). The van der Waals surface area contributed by atoms with E-state index in [0.717, 1.165) is 0 Å². The van der Waals surface area contributed by atoms with Crippen LogP contribution in [0, 0.1) is 0 Å². The van der Waals surface area contributed by atoms with E-state index in [2.05, 4.69) is 0 Å². The Kier molecular flexibility index (Phi) is 6.30. The van der Waals surface area contributed by atoms with Gasteiger partial charge in [-0.15, -0.1) is 0 Å². The molecule has 2 heterocycles. The van der Waals surface area contributed by atoms with Gasteiger partial charge in [0.05, 0.1) is 24.4 Å². The minimum Gasteiger partial charge on any atom is -0.462 e. The maximum absolute atomic E-state index is 12.9. The largest absolute Gasteiger partial charge is 0.462 e. The van der Waals surface area contributed by atoms with Crippen LogP contribution in [0.5, 0.6) is 23.0 Å². The van der Waals surface area contributed by atoms with Crippen molar-refractivity contribution in [1.82, 2.24) is 0 Å². The van der Waals surface area contributed by atoms with Gasteiger partial charge in [-0.1, -0.05) is 12.1 Å². The summed E-state index contributed by atoms with van der Waals surface area (Å²) in [5.41, 5.74) is 1.39. The number of benzene rings is 2. The Hall–Kier alpha value is -3.94. The average Bonchev–Trinajstić information content (AvgIpc) is 3.44. The van der Waals surface area contributed by atoms with Crippen LogP contribution in [0.1, 0.15) is 25.0 Å². The van der Waals surface area contributed by atoms with Crippen LogP contribution in [0.25, 0.3) is 12.2 Å². The zero-order chi connectivity index (χ0) is 22.5. The molecule has 8 heteroatoms. The molecule has 0 N–H and O–H groups in total. The summed E-state index contributed by atoms with van der Waals surface area (Å²) in [5, 5.41) is 0. The fourth-order valence-corrected chi connectivity index (χ4v) is 3.25. The topological polar surface area (TPSA) is 89.5 Å². The molecule has 0 spiro atoms. The third-order valence-electron chi connectivity index (χ3n) is 4.70. The summed E-state index contributed by atoms with van der Waals surface area (Å²) in [5.74, 6) is 1.04. The molecule has 2 aliphatic heterocycles. The summed E-state index contributed by atoms with van der Waals surface area (Å²) in [4.78, 5) is 25.7. The first-order valence-electron chi connectivity index (χ1n) is 10.2. The van der Waals surface area contributed by atoms with Crippen LogP contribution >= 0.6 is 0 Å². The van der Waals surface area contributed by atoms with Crippen LogP contribution in [0.2, 0.25) is 0 Å². The molecule has 0 saturated carbocycles. The molecule has 166 valence electrons. The molecule has 0 saturated heterocycles. The Labute approximate surface area is 184 Å². The Morgan fingerprint density at radius 1 is 0.719 bits per heavy atom. The van der Waals surface area contributed by atoms with Gasteiger partial charge >= 0.3 is 11.9 Å². The molecule has 0 amide bonds. The molecule has 2 aliphatic rings. The first-order valence-corrected chi connectivity index (χ1v) is 10.2. The smallest absolute Gasteiger partial charge is 0.339 e. The van der Waals surface area contributed by atoms with E-state index < -0.39 is 11.9 Å². The minimum atomic E-state index is -0.648. The first kappa shape index (κ1) is 21.3. The third kappa shape index (κ3) is 4.54. The average molecular weight is 438 g/mol. The lowest BCUT2D eigenvalue weighted by atomic mass is 9.99. The van der Waals surface area contributed by atoms with Crippen LogP contribution in [0.4, 0.5) is 0 Å². The molecular formula is C24H22O8. The van der Waals surface area contributed by atoms with Crippen LogP contribution in [-0.2, 0) is 19.1 Å². The molecule has 2 aromatic carbocycles. The van der Waals surface area contributed by atoms with Gasteiger partial charge in [0.2, 0.25) is 13.6 Å². The van der Waals surface area contributed by atoms with E-state index in [1.807, 2.05) is 0 Å². The van der Waals surface area contributed by atoms with Crippen LogP contribution in [0.3, 0.4) is 0 Å². The number of hydrogen-bond donors (Lipinski definition) is 0. The van der Waals surface area contributed by atoms with Crippen molar-refractivity contribution in [2.45, 2.75) is 13.8 Å². The maximum Gasteiger partial charge on any atom is 0.339 e. The van der Waals surface area contributed by atoms with Crippen LogP contribution in [0.15, 0.2) is 47.5 Å². The number of esters is 2. The van der Waals surface area contributed by atoms with Gasteiger partial charge in [0, 0.05) is 0 Å². The number of rotatable bonds is 7. The number of ether oxygens (including phenoxy) is 6. The highest BCUT2D eigenvalue weighted by molar-refractivity contribution is 6.12. The van der Waals surface area contributed by atoms with Gasteiger partial charge in [-0.2, -0.15) is 0 Å². The second-order valence-corrected chi connectivity index (χ2v) is 6.78. The molecule has 0 unspecified atom stereocenters. The molecule has 32 heavy (non-hydrogen) atoms. The molecule has 0 aromatic heterocycles. The fourth-order valence-electron chi connectivity index (χ4n) is 3.25. The van der Waals surface area contributed by atoms with Crippen molar-refractivity contribution in [3.05, 3.63) is 58.7 Å². The highest BCUT2D eigenvalue weighted by atomic mass is 16.7. The van der Waals surface area contributed by atoms with Crippen molar-refractivity contribution in [3.63, 3.8) is 0 Å². The predicted octanol–water partition coefficient (Wildman–Crippen LogP) is 3.74. The van der Waals surface area contributed by atoms with E-state index in [-0.39, 0.29) is 37.9 Å². The van der Waals surface area contributed by atoms with Crippen LogP contribution < -0.4 is 18.9 Å². The molecule has 0 bridgehead atoms. The molecular weight excluding hydrogens is 416 g/mol. The zero-order valence-corrected chi connectivity index (χ0v) is 17.7. The summed E-state index contributed by atoms with van der Waals surface area (Å²) in [6.07, 6.45) is 3.13. The quantitative estimate of drug-likeness (QED) is 0.367. The summed E-state index contributed by atoms with van der Waals surface area (Å²) in [6, 6.07) is 10.5. The molecule has 0 atom stereocenters. The van der Waals surface area contributed by atoms with E-state index in [4.69, 9.17) is 28.4 Å². The third-order valence-corrected chi connectivity index (χ3v) is 4.70. The monoisotopic (exact) mass is 438 g/mol. The SMILES string of the molecule is CCOC(=O)C(=C\c1ccc2c(c1)OCO2)/C(=C\c1ccc2c(c1)OCO2)C(=O)OCC. The van der Waals surface area contributed by atoms with Crippen molar-refractivity contribution in [1.29, 1.82) is 0 Å². The second kappa shape index (κ2) is 9.47. The molecule has 0 radical (unpaired) electrons. The molecule has 0 aliphatic carbocycles. The van der Waals surface area contributed by atoms with E-state index in [0.29, 0.717) is 34.1 Å². The molecule has 0 fully saturated rings. The first-order chi connectivity index (χ1) is 15.6. The van der Waals surface area contributed by atoms with Crippen molar-refractivity contribution >= 4 is 24.1 Å². The van der Waals surface area contributed by atoms with Gasteiger partial charge < -0.3 is 28.4 Å². The lowest BCUT2D eigenvalue weighted by Crippen LogP contribution is -2.17. The Bertz CT molecular complexity index is 1010. The normalized spacial score (nSPS) is 14.3. The van der Waals surface area contributed by atoms with Gasteiger partial charge in [0.25, 0.3) is 0 Å². The van der Waals surface area contributed by atoms with Gasteiger partial charge in [0.15, 0.2) is 23.0 Å². The minimum absolute atomic E-state index is 0.0573. The van der Waals surface area contributed by atoms with Gasteiger partial charge in [-0.3, -0.25) is 0 Å². The number of carbonyl (C=O) groups excluding carboxylic acids is 2. The van der Waals surface area contributed by atoms with Crippen molar-refractivity contribution in [2.75, 3.05) is 26.8 Å². The molecule has 2 aromatic rings. The number of fused-ring (bicyclic) bond motifs is 2. The Balaban J connectivity index is 1.79. The van der Waals surface area contributed by atoms with E-state index in [1.165, 1.54) is 0 Å². The van der Waals surface area contributed by atoms with E-state index in [1.54, 1.807) is 62.4 Å². The predicted molar refractivity (Wildman–Crippen MR) is 114 cm³/mol. The summed E-state index contributed by atoms with van der Waals surface area (Å²) in [6.45, 7) is 3.95. The second-order valence-electron chi connectivity index (χ2n) is 6.78. The van der Waals surface area contributed by atoms with Gasteiger partial charge in [-0.05, 0) is 61.4 Å². The fraction of sp³-hybridized carbons (Fsp3) is 0.250. The van der Waals surface area contributed by atoms with Crippen molar-refractivity contribution < 1.29 is 38.0 Å². The standard InChI is InChI=1S/C24H22O8/c1-3-27-23(25)17(9-15-5-7-19-21(11-15)31-13-29-19)18(24(26)28-4-2)10-16-6-8-20-22(12-16)32-14-30-20/h5-12H,3-4,13-14H2,1-2H3/b17-9-,18-10+. The van der Waals surface area contributed by atoms with Crippen LogP contribution in [-0.4, -0.2) is 38.7 Å². The Morgan fingerprint density at radius 3 is 1.53 bits per heavy atom. The van der Waals surface area contributed by atoms with Gasteiger partial charge in [-0.25, -0.2) is 9.59 Å². The van der Waals surface area contributed by atoms with E-state index in [9.17, 15) is 9.59 Å². The van der Waals surface area contributed by atoms with Crippen molar-refractivity contribution in [2.24, 2.45) is 0 Å². The molecule has 8 nitrogen and oxygen atoms in total. The zero-order valence-electron chi connectivity index (χ0n) is 17.7. The summed E-state index contributed by atoms with van der Waals surface area (Å²) >= 11 is 0. The lowest BCUT2D eigenvalue weighted by Gasteiger charge is -2.12. The summed E-state index contributed by atoms with van der Waals surface area (Å²) in [7, 11) is 0. The Morgan fingerprint density at radius 2 is 1.12 bits per heavy atom. The van der Waals surface area contributed by atoms with Gasteiger partial charge in [0.1, 0.15) is 0 Å².